The number of benzene rings is 4. The fourth-order valence-electron chi connectivity index (χ4n) is 3.84. The Bertz CT molecular complexity index is 1300. The van der Waals surface area contributed by atoms with Gasteiger partial charge in [-0.2, -0.15) is 0 Å². The van der Waals surface area contributed by atoms with Crippen LogP contribution in [0.1, 0.15) is 32.4 Å². The van der Waals surface area contributed by atoms with Crippen molar-refractivity contribution in [3.8, 4) is 0 Å². The van der Waals surface area contributed by atoms with Gasteiger partial charge in [0.1, 0.15) is 6.04 Å². The second-order valence-corrected chi connectivity index (χ2v) is 8.00. The highest BCUT2D eigenvalue weighted by atomic mass is 16.2. The van der Waals surface area contributed by atoms with Crippen LogP contribution >= 0.6 is 0 Å². The maximum atomic E-state index is 12.3. The van der Waals surface area contributed by atoms with Crippen molar-refractivity contribution in [2.75, 3.05) is 13.2 Å². The molecule has 0 saturated heterocycles. The molecular weight excluding hydrogens is 476 g/mol. The Balaban J connectivity index is 0.000000429. The minimum atomic E-state index is -0.777. The standard InChI is InChI=1S/C17H20N4O3.C11H10.C2H6.CH4/c18-9-16(23)21-15(17(24)20-10-19-11-22)8-13-6-3-5-12-4-1-2-7-14(12)13;1-9-5-4-7-10-6-2-3-8-11(9)10;1-2;/h1-7,11,15H,8-10,18H2,(H,19,22)(H,20,24)(H,21,23);2-8H,1H3;1-2H3;1H4. The summed E-state index contributed by atoms with van der Waals surface area (Å²) < 4.78 is 0. The molecule has 0 aliphatic heterocycles. The Morgan fingerprint density at radius 1 is 0.842 bits per heavy atom. The predicted octanol–water partition coefficient (Wildman–Crippen LogP) is 4.46. The van der Waals surface area contributed by atoms with Gasteiger partial charge in [0.25, 0.3) is 0 Å². The molecule has 4 aromatic rings. The molecule has 5 N–H and O–H groups in total. The van der Waals surface area contributed by atoms with Crippen LogP contribution in [0, 0.1) is 6.92 Å². The molecule has 7 nitrogen and oxygen atoms in total. The number of aryl methyl sites for hydroxylation is 1. The maximum Gasteiger partial charge on any atom is 0.244 e. The lowest BCUT2D eigenvalue weighted by atomic mass is 9.98. The summed E-state index contributed by atoms with van der Waals surface area (Å²) in [5.74, 6) is -0.808. The Labute approximate surface area is 225 Å². The van der Waals surface area contributed by atoms with E-state index in [2.05, 4.69) is 65.3 Å². The second-order valence-electron chi connectivity index (χ2n) is 8.00. The maximum absolute atomic E-state index is 12.3. The van der Waals surface area contributed by atoms with Crippen molar-refractivity contribution in [3.05, 3.63) is 96.1 Å². The molecule has 0 aliphatic rings. The average molecular weight is 517 g/mol. The summed E-state index contributed by atoms with van der Waals surface area (Å²) in [6.45, 7) is 5.93. The van der Waals surface area contributed by atoms with E-state index in [9.17, 15) is 14.4 Å². The van der Waals surface area contributed by atoms with E-state index < -0.39 is 11.9 Å². The monoisotopic (exact) mass is 516 g/mol. The van der Waals surface area contributed by atoms with Gasteiger partial charge >= 0.3 is 0 Å². The number of nitrogens with one attached hydrogen (secondary N) is 3. The normalized spacial score (nSPS) is 10.4. The van der Waals surface area contributed by atoms with E-state index >= 15 is 0 Å². The third kappa shape index (κ3) is 9.33. The minimum Gasteiger partial charge on any atom is -0.343 e. The van der Waals surface area contributed by atoms with Crippen molar-refractivity contribution in [1.29, 1.82) is 0 Å². The molecule has 3 amide bonds. The quantitative estimate of drug-likeness (QED) is 0.157. The number of hydrogen-bond acceptors (Lipinski definition) is 4. The Morgan fingerprint density at radius 2 is 1.39 bits per heavy atom. The van der Waals surface area contributed by atoms with Crippen LogP contribution < -0.4 is 21.7 Å². The van der Waals surface area contributed by atoms with Gasteiger partial charge in [0.2, 0.25) is 18.2 Å². The van der Waals surface area contributed by atoms with Gasteiger partial charge in [-0.05, 0) is 39.6 Å². The lowest BCUT2D eigenvalue weighted by Crippen LogP contribution is -2.51. The highest BCUT2D eigenvalue weighted by Gasteiger charge is 2.21. The Hall–Kier alpha value is -4.23. The van der Waals surface area contributed by atoms with Crippen LogP contribution in [0.3, 0.4) is 0 Å². The fraction of sp³-hybridized carbons (Fsp3) is 0.258. The molecule has 202 valence electrons. The van der Waals surface area contributed by atoms with Gasteiger partial charge in [-0.3, -0.25) is 14.4 Å². The lowest BCUT2D eigenvalue weighted by molar-refractivity contribution is -0.128. The zero-order chi connectivity index (χ0) is 27.0. The second kappa shape index (κ2) is 17.3. The smallest absolute Gasteiger partial charge is 0.244 e. The van der Waals surface area contributed by atoms with Gasteiger partial charge in [0.15, 0.2) is 0 Å². The number of carbonyl (C=O) groups excluding carboxylic acids is 3. The van der Waals surface area contributed by atoms with E-state index in [0.717, 1.165) is 16.3 Å². The SMILES string of the molecule is C.CC.Cc1cccc2ccccc12.NCC(=O)NC(Cc1cccc2ccccc12)C(=O)NCNC=O. The van der Waals surface area contributed by atoms with Crippen LogP contribution in [0.15, 0.2) is 84.9 Å². The van der Waals surface area contributed by atoms with Crippen LogP contribution in [-0.2, 0) is 20.8 Å². The zero-order valence-corrected chi connectivity index (χ0v) is 21.7. The summed E-state index contributed by atoms with van der Waals surface area (Å²) >= 11 is 0. The van der Waals surface area contributed by atoms with Crippen molar-refractivity contribution >= 4 is 39.8 Å². The van der Waals surface area contributed by atoms with Crippen LogP contribution in [0.5, 0.6) is 0 Å². The molecule has 0 saturated carbocycles. The van der Waals surface area contributed by atoms with E-state index in [1.54, 1.807) is 0 Å². The van der Waals surface area contributed by atoms with Gasteiger partial charge in [0, 0.05) is 6.42 Å². The summed E-state index contributed by atoms with van der Waals surface area (Å²) in [5.41, 5.74) is 7.61. The largest absolute Gasteiger partial charge is 0.343 e. The number of nitrogens with two attached hydrogens (primary N) is 1. The van der Waals surface area contributed by atoms with E-state index in [-0.39, 0.29) is 26.5 Å². The number of carbonyl (C=O) groups is 3. The first-order valence-electron chi connectivity index (χ1n) is 12.4. The lowest BCUT2D eigenvalue weighted by Gasteiger charge is -2.19. The summed E-state index contributed by atoms with van der Waals surface area (Å²) in [4.78, 5) is 34.2. The Morgan fingerprint density at radius 3 is 2.00 bits per heavy atom. The molecule has 1 unspecified atom stereocenters. The van der Waals surface area contributed by atoms with Gasteiger partial charge in [-0.1, -0.05) is 106 Å². The average Bonchev–Trinajstić information content (AvgIpc) is 2.94. The summed E-state index contributed by atoms with van der Waals surface area (Å²) in [6.07, 6.45) is 0.804. The molecule has 0 spiro atoms. The highest BCUT2D eigenvalue weighted by Crippen LogP contribution is 2.20. The molecule has 0 aliphatic carbocycles. The third-order valence-electron chi connectivity index (χ3n) is 5.60. The first-order chi connectivity index (χ1) is 18.0. The van der Waals surface area contributed by atoms with Crippen molar-refractivity contribution < 1.29 is 14.4 Å². The molecule has 0 aromatic heterocycles. The number of hydrogen-bond donors (Lipinski definition) is 4. The highest BCUT2D eigenvalue weighted by molar-refractivity contribution is 5.90. The molecule has 4 aromatic carbocycles. The van der Waals surface area contributed by atoms with Gasteiger partial charge in [-0.25, -0.2) is 0 Å². The molecule has 4 rings (SSSR count). The number of rotatable bonds is 8. The van der Waals surface area contributed by atoms with E-state index in [0.29, 0.717) is 12.8 Å². The summed E-state index contributed by atoms with van der Waals surface area (Å²) in [6, 6.07) is 27.7. The van der Waals surface area contributed by atoms with Gasteiger partial charge < -0.3 is 21.7 Å². The van der Waals surface area contributed by atoms with Crippen LogP contribution in [0.25, 0.3) is 21.5 Å². The summed E-state index contributed by atoms with van der Waals surface area (Å²) in [7, 11) is 0. The van der Waals surface area contributed by atoms with Gasteiger partial charge in [-0.15, -0.1) is 0 Å². The topological polar surface area (TPSA) is 113 Å². The first-order valence-corrected chi connectivity index (χ1v) is 12.4. The summed E-state index contributed by atoms with van der Waals surface area (Å²) in [5, 5.41) is 12.3. The molecule has 0 radical (unpaired) electrons. The molecule has 1 atom stereocenters. The molecule has 38 heavy (non-hydrogen) atoms. The van der Waals surface area contributed by atoms with Crippen molar-refractivity contribution in [2.45, 2.75) is 40.7 Å². The Kier molecular flexibility index (Phi) is 14.4. The molecule has 0 bridgehead atoms. The van der Waals surface area contributed by atoms with Crippen LogP contribution in [-0.4, -0.2) is 37.5 Å². The third-order valence-corrected chi connectivity index (χ3v) is 5.60. The van der Waals surface area contributed by atoms with Gasteiger partial charge in [0.05, 0.1) is 13.2 Å². The van der Waals surface area contributed by atoms with E-state index in [4.69, 9.17) is 5.73 Å². The van der Waals surface area contributed by atoms with Crippen LogP contribution in [0.4, 0.5) is 0 Å². The molecule has 7 heteroatoms. The predicted molar refractivity (Wildman–Crippen MR) is 158 cm³/mol. The van der Waals surface area contributed by atoms with Crippen molar-refractivity contribution in [2.24, 2.45) is 5.73 Å². The zero-order valence-electron chi connectivity index (χ0n) is 21.7. The molecule has 0 fully saturated rings. The first kappa shape index (κ1) is 31.8. The van der Waals surface area contributed by atoms with Crippen molar-refractivity contribution in [1.82, 2.24) is 16.0 Å². The molecular formula is C31H40N4O3. The van der Waals surface area contributed by atoms with Crippen LogP contribution in [0.2, 0.25) is 0 Å². The minimum absolute atomic E-state index is 0. The number of amides is 3. The van der Waals surface area contributed by atoms with Crippen molar-refractivity contribution in [3.63, 3.8) is 0 Å². The number of fused-ring (bicyclic) bond motifs is 2. The van der Waals surface area contributed by atoms with E-state index in [1.165, 1.54) is 16.3 Å². The van der Waals surface area contributed by atoms with E-state index in [1.807, 2.05) is 56.3 Å². The molecule has 0 heterocycles. The fourth-order valence-corrected chi connectivity index (χ4v) is 3.84.